The molecule has 0 aliphatic heterocycles. The Hall–Kier alpha value is -1.10. The Kier molecular flexibility index (Phi) is 5.14. The van der Waals surface area contributed by atoms with E-state index >= 15 is 0 Å². The van der Waals surface area contributed by atoms with E-state index in [1.165, 1.54) is 12.3 Å². The number of halogens is 1. The second kappa shape index (κ2) is 6.18. The van der Waals surface area contributed by atoms with Crippen molar-refractivity contribution in [2.24, 2.45) is 0 Å². The largest absolute Gasteiger partial charge is 0.364 e. The molecule has 0 spiro atoms. The van der Waals surface area contributed by atoms with Crippen molar-refractivity contribution in [2.45, 2.75) is 39.2 Å². The fraction of sp³-hybridized carbons (Fsp3) is 0.538. The highest BCUT2D eigenvalue weighted by atomic mass is 79.9. The highest BCUT2D eigenvalue weighted by Gasteiger charge is 2.27. The Morgan fingerprint density at radius 3 is 2.50 bits per heavy atom. The summed E-state index contributed by atoms with van der Waals surface area (Å²) in [5, 5.41) is 3.62. The molecule has 1 aromatic heterocycles. The second-order valence-corrected chi connectivity index (χ2v) is 5.03. The van der Waals surface area contributed by atoms with Crippen LogP contribution in [0.5, 0.6) is 0 Å². The molecule has 0 aromatic carbocycles. The van der Waals surface area contributed by atoms with Crippen molar-refractivity contribution >= 4 is 21.8 Å². The van der Waals surface area contributed by atoms with Crippen molar-refractivity contribution in [1.82, 2.24) is 10.3 Å². The van der Waals surface area contributed by atoms with E-state index < -0.39 is 0 Å². The van der Waals surface area contributed by atoms with Gasteiger partial charge in [0.15, 0.2) is 5.43 Å². The molecule has 0 saturated carbocycles. The third-order valence-corrected chi connectivity index (χ3v) is 4.36. The van der Waals surface area contributed by atoms with Gasteiger partial charge in [-0.1, -0.05) is 29.8 Å². The summed E-state index contributed by atoms with van der Waals surface area (Å²) in [6, 6.07) is 1.43. The monoisotopic (exact) mass is 314 g/mol. The molecule has 0 bridgehead atoms. The fourth-order valence-corrected chi connectivity index (χ4v) is 2.64. The lowest BCUT2D eigenvalue weighted by molar-refractivity contribution is 0.0902. The predicted octanol–water partition coefficient (Wildman–Crippen LogP) is 2.37. The van der Waals surface area contributed by atoms with E-state index in [0.717, 1.165) is 18.5 Å². The molecule has 0 saturated heterocycles. The molecule has 0 atom stereocenters. The molecule has 0 fully saturated rings. The number of alkyl halides is 1. The number of aryl methyl sites for hydroxylation is 1. The van der Waals surface area contributed by atoms with Crippen LogP contribution in [0.1, 0.15) is 42.7 Å². The summed E-state index contributed by atoms with van der Waals surface area (Å²) in [5.74, 6) is -0.320. The van der Waals surface area contributed by atoms with E-state index in [-0.39, 0.29) is 22.4 Å². The third kappa shape index (κ3) is 3.22. The molecule has 2 N–H and O–H groups in total. The number of aromatic amines is 1. The van der Waals surface area contributed by atoms with Gasteiger partial charge < -0.3 is 10.3 Å². The first-order valence-electron chi connectivity index (χ1n) is 6.06. The van der Waals surface area contributed by atoms with E-state index in [4.69, 9.17) is 0 Å². The van der Waals surface area contributed by atoms with Crippen LogP contribution in [-0.2, 0) is 0 Å². The number of amides is 1. The number of hydrogen-bond acceptors (Lipinski definition) is 2. The fourth-order valence-electron chi connectivity index (χ4n) is 1.71. The summed E-state index contributed by atoms with van der Waals surface area (Å²) in [7, 11) is 0. The lowest BCUT2D eigenvalue weighted by atomic mass is 9.95. The van der Waals surface area contributed by atoms with Crippen molar-refractivity contribution in [3.63, 3.8) is 0 Å². The topological polar surface area (TPSA) is 62.0 Å². The van der Waals surface area contributed by atoms with Gasteiger partial charge in [-0.3, -0.25) is 9.59 Å². The number of aromatic nitrogens is 1. The van der Waals surface area contributed by atoms with Crippen LogP contribution in [0.2, 0.25) is 0 Å². The van der Waals surface area contributed by atoms with Crippen LogP contribution >= 0.6 is 15.9 Å². The molecular formula is C13H19BrN2O2. The maximum absolute atomic E-state index is 12.1. The quantitative estimate of drug-likeness (QED) is 0.820. The van der Waals surface area contributed by atoms with Crippen LogP contribution in [-0.4, -0.2) is 21.8 Å². The van der Waals surface area contributed by atoms with Gasteiger partial charge in [-0.15, -0.1) is 0 Å². The van der Waals surface area contributed by atoms with Crippen LogP contribution in [0.15, 0.2) is 17.1 Å². The van der Waals surface area contributed by atoms with E-state index in [2.05, 4.69) is 26.2 Å². The number of hydrogen-bond donors (Lipinski definition) is 2. The molecule has 0 radical (unpaired) electrons. The molecule has 1 aromatic rings. The summed E-state index contributed by atoms with van der Waals surface area (Å²) in [5.41, 5.74) is 0.357. The minimum Gasteiger partial charge on any atom is -0.364 e. The molecule has 1 heterocycles. The van der Waals surface area contributed by atoms with Crippen LogP contribution in [0, 0.1) is 6.92 Å². The van der Waals surface area contributed by atoms with E-state index in [1.807, 2.05) is 13.8 Å². The SMILES string of the molecule is CCC(CC)(CBr)NC(=O)c1c[nH]c(C)cc1=O. The van der Waals surface area contributed by atoms with Gasteiger partial charge in [-0.2, -0.15) is 0 Å². The highest BCUT2D eigenvalue weighted by molar-refractivity contribution is 9.09. The molecule has 5 heteroatoms. The smallest absolute Gasteiger partial charge is 0.257 e. The van der Waals surface area contributed by atoms with Crippen LogP contribution < -0.4 is 10.7 Å². The van der Waals surface area contributed by atoms with Crippen molar-refractivity contribution < 1.29 is 4.79 Å². The van der Waals surface area contributed by atoms with Crippen LogP contribution in [0.25, 0.3) is 0 Å². The lowest BCUT2D eigenvalue weighted by Gasteiger charge is -2.30. The number of rotatable bonds is 5. The number of H-pyrrole nitrogens is 1. The van der Waals surface area contributed by atoms with Crippen molar-refractivity contribution in [2.75, 3.05) is 5.33 Å². The normalized spacial score (nSPS) is 11.3. The van der Waals surface area contributed by atoms with Crippen LogP contribution in [0.3, 0.4) is 0 Å². The molecule has 0 aliphatic carbocycles. The first kappa shape index (κ1) is 15.0. The first-order valence-corrected chi connectivity index (χ1v) is 7.18. The van der Waals surface area contributed by atoms with E-state index in [0.29, 0.717) is 5.33 Å². The average Bonchev–Trinajstić information content (AvgIpc) is 2.36. The third-order valence-electron chi connectivity index (χ3n) is 3.29. The summed E-state index contributed by atoms with van der Waals surface area (Å²) in [4.78, 5) is 26.7. The summed E-state index contributed by atoms with van der Waals surface area (Å²) < 4.78 is 0. The van der Waals surface area contributed by atoms with Gasteiger partial charge in [-0.25, -0.2) is 0 Å². The number of carbonyl (C=O) groups excluding carboxylic acids is 1. The Morgan fingerprint density at radius 1 is 1.44 bits per heavy atom. The van der Waals surface area contributed by atoms with Crippen molar-refractivity contribution in [3.05, 3.63) is 33.7 Å². The Morgan fingerprint density at radius 2 is 2.06 bits per heavy atom. The van der Waals surface area contributed by atoms with Gasteiger partial charge >= 0.3 is 0 Å². The second-order valence-electron chi connectivity index (χ2n) is 4.47. The van der Waals surface area contributed by atoms with Crippen LogP contribution in [0.4, 0.5) is 0 Å². The molecule has 1 amide bonds. The highest BCUT2D eigenvalue weighted by Crippen LogP contribution is 2.18. The molecule has 0 unspecified atom stereocenters. The maximum Gasteiger partial charge on any atom is 0.257 e. The van der Waals surface area contributed by atoms with Gasteiger partial charge in [0.25, 0.3) is 5.91 Å². The van der Waals surface area contributed by atoms with Gasteiger partial charge in [0.1, 0.15) is 5.56 Å². The summed E-state index contributed by atoms with van der Waals surface area (Å²) in [6.07, 6.45) is 3.09. The molecule has 0 aliphatic rings. The average molecular weight is 315 g/mol. The zero-order valence-electron chi connectivity index (χ0n) is 11.0. The van der Waals surface area contributed by atoms with Gasteiger partial charge in [0.05, 0.1) is 0 Å². The van der Waals surface area contributed by atoms with Gasteiger partial charge in [-0.05, 0) is 19.8 Å². The molecular weight excluding hydrogens is 296 g/mol. The molecule has 18 heavy (non-hydrogen) atoms. The zero-order valence-corrected chi connectivity index (χ0v) is 12.6. The minimum atomic E-state index is -0.320. The lowest BCUT2D eigenvalue weighted by Crippen LogP contribution is -2.50. The number of carbonyl (C=O) groups is 1. The van der Waals surface area contributed by atoms with Gasteiger partial charge in [0.2, 0.25) is 0 Å². The number of nitrogens with one attached hydrogen (secondary N) is 2. The summed E-state index contributed by atoms with van der Waals surface area (Å²) >= 11 is 3.42. The Labute approximate surface area is 115 Å². The number of pyridine rings is 1. The van der Waals surface area contributed by atoms with E-state index in [9.17, 15) is 9.59 Å². The van der Waals surface area contributed by atoms with Crippen molar-refractivity contribution in [1.29, 1.82) is 0 Å². The van der Waals surface area contributed by atoms with Crippen molar-refractivity contribution in [3.8, 4) is 0 Å². The van der Waals surface area contributed by atoms with Gasteiger partial charge in [0, 0.05) is 28.8 Å². The Balaban J connectivity index is 2.98. The first-order chi connectivity index (χ1) is 8.48. The standard InChI is InChI=1S/C13H19BrN2O2/c1-4-13(5-2,8-14)16-12(18)10-7-15-9(3)6-11(10)17/h6-7H,4-5,8H2,1-3H3,(H,15,17)(H,16,18). The zero-order chi connectivity index (χ0) is 13.8. The molecule has 100 valence electrons. The predicted molar refractivity (Wildman–Crippen MR) is 76.4 cm³/mol. The molecule has 4 nitrogen and oxygen atoms in total. The Bertz CT molecular complexity index is 470. The maximum atomic E-state index is 12.1. The molecule has 1 rings (SSSR count). The van der Waals surface area contributed by atoms with E-state index in [1.54, 1.807) is 6.92 Å². The summed E-state index contributed by atoms with van der Waals surface area (Å²) in [6.45, 7) is 5.82. The minimum absolute atomic E-state index is 0.160.